The molecule has 0 amide bonds. The van der Waals surface area contributed by atoms with E-state index in [-0.39, 0.29) is 6.04 Å². The van der Waals surface area contributed by atoms with Crippen molar-refractivity contribution in [2.45, 2.75) is 51.2 Å². The van der Waals surface area contributed by atoms with Crippen molar-refractivity contribution in [1.82, 2.24) is 0 Å². The minimum absolute atomic E-state index is 0.00167. The van der Waals surface area contributed by atoms with Crippen LogP contribution in [0.1, 0.15) is 52.3 Å². The fourth-order valence-corrected chi connectivity index (χ4v) is 4.75. The minimum atomic E-state index is 0.00167. The second-order valence-corrected chi connectivity index (χ2v) is 7.45. The van der Waals surface area contributed by atoms with Gasteiger partial charge in [-0.15, -0.1) is 11.3 Å². The van der Waals surface area contributed by atoms with E-state index in [2.05, 4.69) is 31.2 Å². The lowest BCUT2D eigenvalue weighted by Gasteiger charge is -2.11. The zero-order valence-corrected chi connectivity index (χ0v) is 13.2. The first-order valence-corrected chi connectivity index (χ1v) is 8.69. The van der Waals surface area contributed by atoms with Crippen molar-refractivity contribution in [1.29, 1.82) is 0 Å². The lowest BCUT2D eigenvalue weighted by Crippen LogP contribution is -2.10. The van der Waals surface area contributed by atoms with Crippen LogP contribution in [0.2, 0.25) is 0 Å². The van der Waals surface area contributed by atoms with Gasteiger partial charge >= 0.3 is 0 Å². The van der Waals surface area contributed by atoms with Crippen molar-refractivity contribution in [2.75, 3.05) is 0 Å². The van der Waals surface area contributed by atoms with Crippen molar-refractivity contribution in [2.24, 2.45) is 5.73 Å². The molecule has 1 aromatic carbocycles. The van der Waals surface area contributed by atoms with Crippen LogP contribution in [0.5, 0.6) is 5.75 Å². The molecule has 2 atom stereocenters. The number of hydrogen-bond donors (Lipinski definition) is 1. The summed E-state index contributed by atoms with van der Waals surface area (Å²) in [7, 11) is 0. The number of hydrogen-bond acceptors (Lipinski definition) is 3. The molecular formula is C18H21NOS. The summed E-state index contributed by atoms with van der Waals surface area (Å²) in [5, 5.41) is 0. The molecule has 2 unspecified atom stereocenters. The summed E-state index contributed by atoms with van der Waals surface area (Å²) in [4.78, 5) is 2.87. The lowest BCUT2D eigenvalue weighted by molar-refractivity contribution is 0.254. The monoisotopic (exact) mass is 299 g/mol. The average molecular weight is 299 g/mol. The first kappa shape index (κ1) is 13.4. The summed E-state index contributed by atoms with van der Waals surface area (Å²) >= 11 is 1.92. The van der Waals surface area contributed by atoms with E-state index in [0.717, 1.165) is 12.2 Å². The number of aryl methyl sites for hydroxylation is 2. The summed E-state index contributed by atoms with van der Waals surface area (Å²) in [6.07, 6.45) is 6.41. The van der Waals surface area contributed by atoms with Crippen LogP contribution in [0.3, 0.4) is 0 Å². The highest BCUT2D eigenvalue weighted by molar-refractivity contribution is 7.12. The van der Waals surface area contributed by atoms with E-state index < -0.39 is 0 Å². The van der Waals surface area contributed by atoms with Crippen LogP contribution in [0.25, 0.3) is 0 Å². The van der Waals surface area contributed by atoms with Gasteiger partial charge in [0.25, 0.3) is 0 Å². The average Bonchev–Trinajstić information content (AvgIpc) is 3.07. The van der Waals surface area contributed by atoms with Crippen LogP contribution in [-0.2, 0) is 19.3 Å². The van der Waals surface area contributed by atoms with Gasteiger partial charge in [-0.1, -0.05) is 12.1 Å². The van der Waals surface area contributed by atoms with Gasteiger partial charge < -0.3 is 10.5 Å². The Kier molecular flexibility index (Phi) is 3.27. The lowest BCUT2D eigenvalue weighted by atomic mass is 9.97. The maximum Gasteiger partial charge on any atom is 0.123 e. The summed E-state index contributed by atoms with van der Waals surface area (Å²) in [5.41, 5.74) is 10.6. The number of ether oxygens (including phenoxy) is 1. The van der Waals surface area contributed by atoms with E-state index >= 15 is 0 Å². The number of benzene rings is 1. The summed E-state index contributed by atoms with van der Waals surface area (Å²) in [5.74, 6) is 1.03. The van der Waals surface area contributed by atoms with Crippen LogP contribution in [-0.4, -0.2) is 6.10 Å². The van der Waals surface area contributed by atoms with E-state index in [1.54, 1.807) is 4.88 Å². The third kappa shape index (κ3) is 2.39. The van der Waals surface area contributed by atoms with Gasteiger partial charge in [-0.05, 0) is 61.4 Å². The number of rotatable bonds is 2. The van der Waals surface area contributed by atoms with Gasteiger partial charge in [0.15, 0.2) is 0 Å². The Bertz CT molecular complexity index is 652. The quantitative estimate of drug-likeness (QED) is 0.909. The Morgan fingerprint density at radius 3 is 2.90 bits per heavy atom. The van der Waals surface area contributed by atoms with Gasteiger partial charge in [0.2, 0.25) is 0 Å². The predicted octanol–water partition coefficient (Wildman–Crippen LogP) is 4.00. The van der Waals surface area contributed by atoms with Gasteiger partial charge in [-0.25, -0.2) is 0 Å². The van der Waals surface area contributed by atoms with Gasteiger partial charge in [0.1, 0.15) is 11.9 Å². The maximum absolute atomic E-state index is 6.53. The van der Waals surface area contributed by atoms with Crippen molar-refractivity contribution < 1.29 is 4.74 Å². The Labute approximate surface area is 129 Å². The fraction of sp³-hybridized carbons (Fsp3) is 0.444. The summed E-state index contributed by atoms with van der Waals surface area (Å²) in [6.45, 7) is 2.12. The van der Waals surface area contributed by atoms with Crippen molar-refractivity contribution in [3.05, 3.63) is 50.7 Å². The van der Waals surface area contributed by atoms with Crippen molar-refractivity contribution in [3.63, 3.8) is 0 Å². The Balaban J connectivity index is 1.64. The number of fused-ring (bicyclic) bond motifs is 2. The molecule has 21 heavy (non-hydrogen) atoms. The second-order valence-electron chi connectivity index (χ2n) is 6.28. The SMILES string of the molecule is CC1Cc2cc(C(N)c3cc4c(s3)CCCC4)ccc2O1. The normalized spacial score (nSPS) is 21.5. The Morgan fingerprint density at radius 2 is 2.05 bits per heavy atom. The molecule has 0 saturated carbocycles. The second kappa shape index (κ2) is 5.15. The maximum atomic E-state index is 6.53. The van der Waals surface area contributed by atoms with Crippen LogP contribution in [0.15, 0.2) is 24.3 Å². The molecule has 0 saturated heterocycles. The number of nitrogens with two attached hydrogens (primary N) is 1. The molecule has 0 bridgehead atoms. The molecule has 1 aromatic heterocycles. The minimum Gasteiger partial charge on any atom is -0.490 e. The third-order valence-electron chi connectivity index (χ3n) is 4.60. The Morgan fingerprint density at radius 1 is 1.19 bits per heavy atom. The Hall–Kier alpha value is -1.32. The van der Waals surface area contributed by atoms with Crippen LogP contribution in [0, 0.1) is 0 Å². The molecule has 2 aliphatic rings. The highest BCUT2D eigenvalue weighted by Crippen LogP contribution is 2.36. The summed E-state index contributed by atoms with van der Waals surface area (Å²) < 4.78 is 5.78. The highest BCUT2D eigenvalue weighted by atomic mass is 32.1. The molecule has 2 heterocycles. The van der Waals surface area contributed by atoms with E-state index in [9.17, 15) is 0 Å². The van der Waals surface area contributed by atoms with E-state index in [0.29, 0.717) is 6.10 Å². The van der Waals surface area contributed by atoms with Crippen molar-refractivity contribution >= 4 is 11.3 Å². The molecule has 3 heteroatoms. The third-order valence-corrected chi connectivity index (χ3v) is 5.92. The van der Waals surface area contributed by atoms with Crippen LogP contribution < -0.4 is 10.5 Å². The first-order valence-electron chi connectivity index (χ1n) is 7.87. The molecule has 0 fully saturated rings. The largest absolute Gasteiger partial charge is 0.490 e. The predicted molar refractivity (Wildman–Crippen MR) is 87.2 cm³/mol. The van der Waals surface area contributed by atoms with Gasteiger partial charge in [-0.3, -0.25) is 0 Å². The molecule has 0 radical (unpaired) electrons. The van der Waals surface area contributed by atoms with E-state index in [1.165, 1.54) is 47.3 Å². The van der Waals surface area contributed by atoms with Gasteiger partial charge in [0, 0.05) is 16.2 Å². The molecule has 110 valence electrons. The number of thiophene rings is 1. The van der Waals surface area contributed by atoms with Gasteiger partial charge in [-0.2, -0.15) is 0 Å². The van der Waals surface area contributed by atoms with Crippen LogP contribution in [0.4, 0.5) is 0 Å². The molecule has 1 aliphatic heterocycles. The highest BCUT2D eigenvalue weighted by Gasteiger charge is 2.22. The zero-order chi connectivity index (χ0) is 14.4. The molecule has 0 spiro atoms. The van der Waals surface area contributed by atoms with Crippen molar-refractivity contribution in [3.8, 4) is 5.75 Å². The van der Waals surface area contributed by atoms with E-state index in [1.807, 2.05) is 11.3 Å². The molecule has 4 rings (SSSR count). The zero-order valence-electron chi connectivity index (χ0n) is 12.4. The smallest absolute Gasteiger partial charge is 0.123 e. The fourth-order valence-electron chi connectivity index (χ4n) is 3.47. The summed E-state index contributed by atoms with van der Waals surface area (Å²) in [6, 6.07) is 8.79. The van der Waals surface area contributed by atoms with E-state index in [4.69, 9.17) is 10.5 Å². The molecule has 2 N–H and O–H groups in total. The standard InChI is InChI=1S/C18H21NOS/c1-11-8-14-9-13(6-7-15(14)20-11)18(19)17-10-12-4-2-3-5-16(12)21-17/h6-7,9-11,18H,2-5,8,19H2,1H3. The van der Waals surface area contributed by atoms with Gasteiger partial charge in [0.05, 0.1) is 6.04 Å². The molecule has 2 nitrogen and oxygen atoms in total. The van der Waals surface area contributed by atoms with Crippen LogP contribution >= 0.6 is 11.3 Å². The molecular weight excluding hydrogens is 278 g/mol. The first-order chi connectivity index (χ1) is 10.2. The topological polar surface area (TPSA) is 35.2 Å². The molecule has 2 aromatic rings. The molecule has 1 aliphatic carbocycles.